The first-order valence-electron chi connectivity index (χ1n) is 29.3. The number of benzene rings is 4. The van der Waals surface area contributed by atoms with Gasteiger partial charge in [-0.15, -0.1) is 5.06 Å². The van der Waals surface area contributed by atoms with Gasteiger partial charge < -0.3 is 70.8 Å². The Hall–Kier alpha value is -6.56. The molecule has 1 fully saturated rings. The number of Topliss-reactive ketones (excluding diaryl/α,β-unsaturated/α-hetero) is 1. The number of carbonyl (C=O) groups is 4. The van der Waals surface area contributed by atoms with Gasteiger partial charge in [0.05, 0.1) is 112 Å². The van der Waals surface area contributed by atoms with Crippen LogP contribution in [-0.4, -0.2) is 221 Å². The molecule has 0 radical (unpaired) electrons. The number of rotatable bonds is 36. The fourth-order valence-electron chi connectivity index (χ4n) is 12.0. The average Bonchev–Trinajstić information content (AvgIpc) is 1.58. The monoisotopic (exact) mass is 1430 g/mol. The summed E-state index contributed by atoms with van der Waals surface area (Å²) in [5.41, 5.74) is -3.89. The molecule has 2 amide bonds. The van der Waals surface area contributed by atoms with Gasteiger partial charge >= 0.3 is 5.97 Å². The Labute approximate surface area is 547 Å². The molecule has 3 aliphatic heterocycles. The van der Waals surface area contributed by atoms with Gasteiger partial charge in [0.15, 0.2) is 12.3 Å². The molecule has 0 spiro atoms. The van der Waals surface area contributed by atoms with E-state index >= 15 is 4.79 Å². The van der Waals surface area contributed by atoms with E-state index in [0.717, 1.165) is 12.1 Å². The molecule has 1 N–H and O–H groups in total. The second-order valence-corrected chi connectivity index (χ2v) is 29.6. The van der Waals surface area contributed by atoms with Crippen LogP contribution in [0.3, 0.4) is 0 Å². The number of hydrogen-bond acceptors (Lipinski definition) is 29. The summed E-state index contributed by atoms with van der Waals surface area (Å²) in [4.78, 5) is 55.4. The van der Waals surface area contributed by atoms with Gasteiger partial charge in [0, 0.05) is 92.3 Å². The second kappa shape index (κ2) is 30.1. The summed E-state index contributed by atoms with van der Waals surface area (Å²) in [6.07, 6.45) is 0.368. The second-order valence-electron chi connectivity index (χ2n) is 22.6. The van der Waals surface area contributed by atoms with Crippen LogP contribution in [0.15, 0.2) is 103 Å². The molecule has 36 heteroatoms. The lowest BCUT2D eigenvalue weighted by molar-refractivity contribution is -0.442. The van der Waals surface area contributed by atoms with Crippen LogP contribution >= 0.6 is 0 Å². The maximum Gasteiger partial charge on any atom is 0.333 e. The van der Waals surface area contributed by atoms with E-state index in [1.54, 1.807) is 6.92 Å². The number of carbonyl (C=O) groups excluding carboxylic acids is 4. The molecular weight excluding hydrogens is 1360 g/mol. The van der Waals surface area contributed by atoms with Gasteiger partial charge in [-0.1, -0.05) is 6.07 Å². The fourth-order valence-corrected chi connectivity index (χ4v) is 15.1. The van der Waals surface area contributed by atoms with Crippen molar-refractivity contribution < 1.29 is 132 Å². The van der Waals surface area contributed by atoms with Crippen molar-refractivity contribution in [3.8, 4) is 0 Å². The van der Waals surface area contributed by atoms with Gasteiger partial charge in [-0.05, 0) is 104 Å². The highest BCUT2D eigenvalue weighted by Gasteiger charge is 2.52. The Morgan fingerprint density at radius 1 is 0.589 bits per heavy atom. The van der Waals surface area contributed by atoms with Crippen LogP contribution in [0.25, 0.3) is 21.5 Å². The van der Waals surface area contributed by atoms with Crippen molar-refractivity contribution in [3.63, 3.8) is 0 Å². The smallest absolute Gasteiger partial charge is 0.333 e. The number of fused-ring (bicyclic) bond motifs is 6. The van der Waals surface area contributed by atoms with E-state index in [-0.39, 0.29) is 167 Å². The number of allylic oxidation sites excluding steroid dienone is 5. The zero-order valence-electron chi connectivity index (χ0n) is 51.7. The molecule has 1 aliphatic carbocycles. The Bertz CT molecular complexity index is 4420. The number of nitrogens with zero attached hydrogens (tertiary/aromatic N) is 3. The van der Waals surface area contributed by atoms with Crippen LogP contribution < -0.4 is 4.90 Å². The molecular formula is C59H67N3O28S5-4. The number of amides is 2. The summed E-state index contributed by atoms with van der Waals surface area (Å²) < 4.78 is 231. The van der Waals surface area contributed by atoms with Gasteiger partial charge in [0.1, 0.15) is 52.8 Å². The number of ether oxygens (including phenoxy) is 7. The zero-order valence-corrected chi connectivity index (χ0v) is 55.8. The summed E-state index contributed by atoms with van der Waals surface area (Å²) >= 11 is 0. The number of aliphatic hydroxyl groups excluding tert-OH is 1. The van der Waals surface area contributed by atoms with E-state index in [4.69, 9.17) is 38.0 Å². The lowest BCUT2D eigenvalue weighted by Gasteiger charge is -2.32. The van der Waals surface area contributed by atoms with Crippen LogP contribution in [0.4, 0.5) is 11.4 Å². The molecule has 4 aromatic rings. The third-order valence-electron chi connectivity index (χ3n) is 16.4. The highest BCUT2D eigenvalue weighted by atomic mass is 32.2. The van der Waals surface area contributed by atoms with Gasteiger partial charge in [-0.2, -0.15) is 4.58 Å². The average molecular weight is 1430 g/mol. The quantitative estimate of drug-likeness (QED) is 0.0225. The summed E-state index contributed by atoms with van der Waals surface area (Å²) in [5.74, 6) is -5.19. The van der Waals surface area contributed by atoms with Crippen molar-refractivity contribution in [1.82, 2.24) is 5.06 Å². The van der Waals surface area contributed by atoms with Gasteiger partial charge in [0.2, 0.25) is 11.5 Å². The number of hydroxylamine groups is 2. The van der Waals surface area contributed by atoms with Gasteiger partial charge in [-0.25, -0.2) is 46.9 Å². The predicted octanol–water partition coefficient (Wildman–Crippen LogP) is 2.43. The van der Waals surface area contributed by atoms with Crippen LogP contribution in [-0.2, 0) is 119 Å². The Morgan fingerprint density at radius 2 is 1.08 bits per heavy atom. The number of imide groups is 1. The number of aliphatic hydroxyl groups is 1. The maximum atomic E-state index is 15.2. The number of ketones is 1. The highest BCUT2D eigenvalue weighted by Crippen LogP contribution is 2.55. The number of methoxy groups -OCH3 is 2. The van der Waals surface area contributed by atoms with Crippen LogP contribution in [0.1, 0.15) is 69.9 Å². The summed E-state index contributed by atoms with van der Waals surface area (Å²) in [5, 5.41) is 11.5. The molecule has 0 bridgehead atoms. The topological polar surface area (TPSA) is 458 Å². The summed E-state index contributed by atoms with van der Waals surface area (Å²) in [6.45, 7) is 3.89. The van der Waals surface area contributed by atoms with E-state index in [9.17, 15) is 84.3 Å². The SMILES string of the molecule is COCCOCCOCCOCCC1(C)/C(=C\C2=C(O)C(=CC3=[N+](CCOCCOCCOC)c4ccc5c(S(=O)(=O)[O-])cc(S(=O)(=O)[O-])cc5c4C3(C)CCCS(=O)(=O)[O-])C2=O)N(CCCC(=O)ON2C(=O)CCC2=O)c2ccc3c(S(=O)(=O)[O-])cc(S(=O)(=O)[O-])cc3c21. The highest BCUT2D eigenvalue weighted by molar-refractivity contribution is 7.87. The van der Waals surface area contributed by atoms with E-state index in [1.807, 2.05) is 0 Å². The normalized spacial score (nSPS) is 19.6. The minimum atomic E-state index is -5.57. The number of anilines is 1. The predicted molar refractivity (Wildman–Crippen MR) is 325 cm³/mol. The molecule has 3 heterocycles. The first-order valence-corrected chi connectivity index (χ1v) is 36.6. The van der Waals surface area contributed by atoms with Crippen molar-refractivity contribution in [3.05, 3.63) is 94.4 Å². The van der Waals surface area contributed by atoms with Gasteiger partial charge in [0.25, 0.3) is 11.8 Å². The number of hydrogen-bond donors (Lipinski definition) is 1. The van der Waals surface area contributed by atoms with Crippen LogP contribution in [0.5, 0.6) is 0 Å². The molecule has 31 nitrogen and oxygen atoms in total. The van der Waals surface area contributed by atoms with E-state index in [0.29, 0.717) is 30.4 Å². The minimum absolute atomic E-state index is 0.00693. The summed E-state index contributed by atoms with van der Waals surface area (Å²) in [7, 11) is -24.2. The third kappa shape index (κ3) is 16.9. The standard InChI is InChI=1S/C59H71N3O28S5/c1-58(14-6-30-91(68,69)70)49(61(17-19-86-25-27-87-22-20-83-3)46-11-9-39-41(54(46)58)31-37(92(71,72)73)33-47(39)94(77,78)79)35-43-56(66)44(57(43)67)36-50-59(2,15-18-85-24-26-89-29-28-88-23-21-84-4)55-42-32-38(93(74,75)76)34-48(95(80,81)82)40(42)8-10-45(55)60(50)16-5-7-53(65)90-62-51(63)12-13-52(62)64/h8-11,31-36H,5-7,12-30H2,1-4H3,(H5-,66,67,68,69,70,71,72,73,74,75,76,77,78,79,80,81,82)/p-4. The Kier molecular flexibility index (Phi) is 23.5. The van der Waals surface area contributed by atoms with Crippen molar-refractivity contribution in [2.24, 2.45) is 0 Å². The molecule has 4 aliphatic rings. The zero-order chi connectivity index (χ0) is 69.6. The van der Waals surface area contributed by atoms with Crippen molar-refractivity contribution in [2.45, 2.75) is 89.2 Å². The molecule has 520 valence electrons. The molecule has 1 saturated heterocycles. The van der Waals surface area contributed by atoms with E-state index < -0.39 is 140 Å². The third-order valence-corrected chi connectivity index (χ3v) is 20.6. The molecule has 95 heavy (non-hydrogen) atoms. The molecule has 4 aromatic carbocycles. The molecule has 2 unspecified atom stereocenters. The van der Waals surface area contributed by atoms with E-state index in [1.165, 1.54) is 67.0 Å². The largest absolute Gasteiger partial charge is 0.748 e. The Balaban J connectivity index is 1.31. The lowest BCUT2D eigenvalue weighted by atomic mass is 9.72. The van der Waals surface area contributed by atoms with Gasteiger partial charge in [-0.3, -0.25) is 14.4 Å². The van der Waals surface area contributed by atoms with Crippen molar-refractivity contribution in [2.75, 3.05) is 117 Å². The molecule has 8 rings (SSSR count). The summed E-state index contributed by atoms with van der Waals surface area (Å²) in [6, 6.07) is 7.57. The van der Waals surface area contributed by atoms with Crippen LogP contribution in [0, 0.1) is 0 Å². The van der Waals surface area contributed by atoms with Crippen molar-refractivity contribution >= 4 is 113 Å². The molecule has 0 saturated carbocycles. The molecule has 0 aromatic heterocycles. The van der Waals surface area contributed by atoms with Crippen LogP contribution in [0.2, 0.25) is 0 Å². The molecule has 2 atom stereocenters. The lowest BCUT2D eigenvalue weighted by Crippen LogP contribution is -2.35. The first-order chi connectivity index (χ1) is 44.6. The fraction of sp³-hybridized carbons (Fsp3) is 0.475. The first kappa shape index (κ1) is 74.2. The maximum absolute atomic E-state index is 15.2. The minimum Gasteiger partial charge on any atom is -0.748 e. The Morgan fingerprint density at radius 3 is 1.58 bits per heavy atom. The van der Waals surface area contributed by atoms with Crippen molar-refractivity contribution in [1.29, 1.82) is 0 Å². The van der Waals surface area contributed by atoms with E-state index in [2.05, 4.69) is 0 Å².